The SMILES string of the molecule is C[C@@](N)(CO)c1cccc(C#N)c1Cl. The molecule has 0 bridgehead atoms. The largest absolute Gasteiger partial charge is 0.394 e. The van der Waals surface area contributed by atoms with Gasteiger partial charge in [-0.25, -0.2) is 0 Å². The molecule has 1 aromatic rings. The number of hydrogen-bond acceptors (Lipinski definition) is 3. The molecule has 0 aromatic heterocycles. The lowest BCUT2D eigenvalue weighted by molar-refractivity contribution is 0.210. The van der Waals surface area contributed by atoms with Crippen LogP contribution in [0.5, 0.6) is 0 Å². The molecule has 3 nitrogen and oxygen atoms in total. The number of nitrogens with two attached hydrogens (primary N) is 1. The maximum Gasteiger partial charge on any atom is 0.101 e. The average Bonchev–Trinajstić information content (AvgIpc) is 2.18. The number of aliphatic hydroxyl groups excluding tert-OH is 1. The van der Waals surface area contributed by atoms with E-state index in [-0.39, 0.29) is 6.61 Å². The Morgan fingerprint density at radius 1 is 1.64 bits per heavy atom. The molecular weight excluding hydrogens is 200 g/mol. The minimum atomic E-state index is -0.913. The van der Waals surface area contributed by atoms with E-state index in [4.69, 9.17) is 27.7 Å². The van der Waals surface area contributed by atoms with Gasteiger partial charge in [-0.1, -0.05) is 23.7 Å². The van der Waals surface area contributed by atoms with Crippen molar-refractivity contribution in [2.75, 3.05) is 6.61 Å². The molecule has 0 heterocycles. The van der Waals surface area contributed by atoms with E-state index in [0.717, 1.165) is 0 Å². The molecule has 0 aliphatic heterocycles. The topological polar surface area (TPSA) is 70.0 Å². The number of nitrogens with zero attached hydrogens (tertiary/aromatic N) is 1. The summed E-state index contributed by atoms with van der Waals surface area (Å²) in [6, 6.07) is 6.98. The average molecular weight is 211 g/mol. The van der Waals surface area contributed by atoms with Crippen LogP contribution in [0.2, 0.25) is 5.02 Å². The molecule has 0 unspecified atom stereocenters. The van der Waals surface area contributed by atoms with E-state index in [2.05, 4.69) is 0 Å². The Hall–Kier alpha value is -1.08. The summed E-state index contributed by atoms with van der Waals surface area (Å²) >= 11 is 5.96. The summed E-state index contributed by atoms with van der Waals surface area (Å²) in [5.74, 6) is 0. The van der Waals surface area contributed by atoms with Gasteiger partial charge in [0.25, 0.3) is 0 Å². The van der Waals surface area contributed by atoms with Gasteiger partial charge in [0.2, 0.25) is 0 Å². The van der Waals surface area contributed by atoms with Crippen molar-refractivity contribution < 1.29 is 5.11 Å². The molecule has 1 rings (SSSR count). The van der Waals surface area contributed by atoms with Crippen LogP contribution in [0.3, 0.4) is 0 Å². The molecule has 0 saturated carbocycles. The van der Waals surface area contributed by atoms with E-state index in [0.29, 0.717) is 16.1 Å². The van der Waals surface area contributed by atoms with Crippen molar-refractivity contribution in [1.29, 1.82) is 5.26 Å². The van der Waals surface area contributed by atoms with Gasteiger partial charge in [0, 0.05) is 0 Å². The third-order valence-corrected chi connectivity index (χ3v) is 2.47. The van der Waals surface area contributed by atoms with E-state index < -0.39 is 5.54 Å². The summed E-state index contributed by atoms with van der Waals surface area (Å²) in [5, 5.41) is 18.1. The fourth-order valence-corrected chi connectivity index (χ4v) is 1.53. The molecule has 0 saturated heterocycles. The normalized spacial score (nSPS) is 14.5. The van der Waals surface area contributed by atoms with Gasteiger partial charge in [0.05, 0.1) is 22.7 Å². The van der Waals surface area contributed by atoms with Gasteiger partial charge in [-0.15, -0.1) is 0 Å². The Morgan fingerprint density at radius 2 is 2.29 bits per heavy atom. The molecule has 74 valence electrons. The number of aliphatic hydroxyl groups is 1. The van der Waals surface area contributed by atoms with Crippen LogP contribution in [0.1, 0.15) is 18.1 Å². The second kappa shape index (κ2) is 3.97. The lowest BCUT2D eigenvalue weighted by Crippen LogP contribution is -2.37. The van der Waals surface area contributed by atoms with Crippen molar-refractivity contribution in [2.45, 2.75) is 12.5 Å². The van der Waals surface area contributed by atoms with Crippen LogP contribution < -0.4 is 5.73 Å². The van der Waals surface area contributed by atoms with Gasteiger partial charge in [0.1, 0.15) is 6.07 Å². The van der Waals surface area contributed by atoms with E-state index in [1.165, 1.54) is 0 Å². The Morgan fingerprint density at radius 3 is 2.79 bits per heavy atom. The smallest absolute Gasteiger partial charge is 0.101 e. The van der Waals surface area contributed by atoms with Gasteiger partial charge >= 0.3 is 0 Å². The maximum absolute atomic E-state index is 9.07. The van der Waals surface area contributed by atoms with Crippen molar-refractivity contribution in [2.24, 2.45) is 5.73 Å². The van der Waals surface area contributed by atoms with Gasteiger partial charge in [-0.2, -0.15) is 5.26 Å². The second-order valence-electron chi connectivity index (χ2n) is 3.35. The minimum Gasteiger partial charge on any atom is -0.394 e. The first kappa shape index (κ1) is 11.0. The maximum atomic E-state index is 9.07. The predicted molar refractivity (Wildman–Crippen MR) is 54.8 cm³/mol. The summed E-state index contributed by atoms with van der Waals surface area (Å²) < 4.78 is 0. The highest BCUT2D eigenvalue weighted by molar-refractivity contribution is 6.32. The standard InChI is InChI=1S/C10H11ClN2O/c1-10(13,6-14)8-4-2-3-7(5-12)9(8)11/h2-4,14H,6,13H2,1H3/t10-/m1/s1. The van der Waals surface area contributed by atoms with Crippen molar-refractivity contribution >= 4 is 11.6 Å². The van der Waals surface area contributed by atoms with Crippen molar-refractivity contribution in [3.63, 3.8) is 0 Å². The van der Waals surface area contributed by atoms with Crippen molar-refractivity contribution in [3.8, 4) is 6.07 Å². The molecule has 0 fully saturated rings. The molecule has 1 aromatic carbocycles. The van der Waals surface area contributed by atoms with Crippen molar-refractivity contribution in [1.82, 2.24) is 0 Å². The highest BCUT2D eigenvalue weighted by Gasteiger charge is 2.23. The lowest BCUT2D eigenvalue weighted by atomic mass is 9.93. The fraction of sp³-hybridized carbons (Fsp3) is 0.300. The first-order chi connectivity index (χ1) is 6.53. The van der Waals surface area contributed by atoms with Crippen LogP contribution in [-0.2, 0) is 5.54 Å². The first-order valence-electron chi connectivity index (χ1n) is 4.12. The Balaban J connectivity index is 3.31. The van der Waals surface area contributed by atoms with Gasteiger partial charge in [0.15, 0.2) is 0 Å². The molecule has 3 N–H and O–H groups in total. The molecule has 0 spiro atoms. The fourth-order valence-electron chi connectivity index (χ4n) is 1.14. The van der Waals surface area contributed by atoms with Gasteiger partial charge in [-0.05, 0) is 18.6 Å². The Labute approximate surface area is 87.7 Å². The van der Waals surface area contributed by atoms with E-state index >= 15 is 0 Å². The summed E-state index contributed by atoms with van der Waals surface area (Å²) in [4.78, 5) is 0. The zero-order valence-electron chi connectivity index (χ0n) is 7.79. The molecule has 0 amide bonds. The summed E-state index contributed by atoms with van der Waals surface area (Å²) in [7, 11) is 0. The molecule has 4 heteroatoms. The van der Waals surface area contributed by atoms with Gasteiger partial charge < -0.3 is 10.8 Å². The zero-order valence-corrected chi connectivity index (χ0v) is 8.54. The van der Waals surface area contributed by atoms with Crippen LogP contribution >= 0.6 is 11.6 Å². The van der Waals surface area contributed by atoms with Gasteiger partial charge in [-0.3, -0.25) is 0 Å². The summed E-state index contributed by atoms with van der Waals surface area (Å²) in [5.41, 5.74) is 5.86. The van der Waals surface area contributed by atoms with Crippen molar-refractivity contribution in [3.05, 3.63) is 34.3 Å². The first-order valence-corrected chi connectivity index (χ1v) is 4.49. The monoisotopic (exact) mass is 210 g/mol. The minimum absolute atomic E-state index is 0.221. The molecule has 0 aliphatic rings. The number of benzene rings is 1. The van der Waals surface area contributed by atoms with E-state index in [1.54, 1.807) is 25.1 Å². The summed E-state index contributed by atoms with van der Waals surface area (Å²) in [6.07, 6.45) is 0. The molecule has 0 aliphatic carbocycles. The molecule has 1 atom stereocenters. The zero-order chi connectivity index (χ0) is 10.8. The quantitative estimate of drug-likeness (QED) is 0.775. The van der Waals surface area contributed by atoms with Crippen LogP contribution in [-0.4, -0.2) is 11.7 Å². The number of rotatable bonds is 2. The molecule has 0 radical (unpaired) electrons. The molecular formula is C10H11ClN2O. The molecule has 14 heavy (non-hydrogen) atoms. The number of hydrogen-bond donors (Lipinski definition) is 2. The third kappa shape index (κ3) is 1.88. The highest BCUT2D eigenvalue weighted by Crippen LogP contribution is 2.28. The van der Waals surface area contributed by atoms with E-state index in [9.17, 15) is 0 Å². The number of halogens is 1. The van der Waals surface area contributed by atoms with E-state index in [1.807, 2.05) is 6.07 Å². The second-order valence-corrected chi connectivity index (χ2v) is 3.73. The third-order valence-electron chi connectivity index (χ3n) is 2.06. The van der Waals surface area contributed by atoms with Crippen LogP contribution in [0.4, 0.5) is 0 Å². The van der Waals surface area contributed by atoms with Crippen LogP contribution in [0, 0.1) is 11.3 Å². The Bertz CT molecular complexity index is 382. The van der Waals surface area contributed by atoms with Crippen LogP contribution in [0.25, 0.3) is 0 Å². The lowest BCUT2D eigenvalue weighted by Gasteiger charge is -2.23. The summed E-state index contributed by atoms with van der Waals surface area (Å²) in [6.45, 7) is 1.44. The Kier molecular flexibility index (Phi) is 3.12. The van der Waals surface area contributed by atoms with Crippen LogP contribution in [0.15, 0.2) is 18.2 Å². The number of nitriles is 1. The highest BCUT2D eigenvalue weighted by atomic mass is 35.5. The predicted octanol–water partition coefficient (Wildman–Crippen LogP) is 1.38.